The third-order valence-corrected chi connectivity index (χ3v) is 4.15. The molecular formula is C16H23BrN4O3. The van der Waals surface area contributed by atoms with Gasteiger partial charge in [-0.2, -0.15) is 5.10 Å². The first kappa shape index (κ1) is 18.5. The monoisotopic (exact) mass is 398 g/mol. The van der Waals surface area contributed by atoms with Gasteiger partial charge in [0.25, 0.3) is 0 Å². The van der Waals surface area contributed by atoms with Gasteiger partial charge in [-0.25, -0.2) is 0 Å². The number of hydrogen-bond acceptors (Lipinski definition) is 6. The minimum Gasteiger partial charge on any atom is -0.503 e. The standard InChI is InChI=1S/C16H23BrN4O3/c1-3-5-11-8-14(22)20-16(19-11)21-18-9-10-6-12(17)15(23)13(7-10)24-4-2/h6-7,9,11,16,19,21,23H,3-5,8H2,1-2H3,(H,20,22)/b18-9-. The molecule has 8 heteroatoms. The average molecular weight is 399 g/mol. The van der Waals surface area contributed by atoms with Crippen molar-refractivity contribution in [2.45, 2.75) is 45.4 Å². The van der Waals surface area contributed by atoms with Crippen molar-refractivity contribution in [1.82, 2.24) is 16.1 Å². The highest BCUT2D eigenvalue weighted by Gasteiger charge is 2.24. The van der Waals surface area contributed by atoms with E-state index in [1.54, 1.807) is 18.3 Å². The molecule has 1 aliphatic heterocycles. The van der Waals surface area contributed by atoms with Crippen molar-refractivity contribution >= 4 is 28.1 Å². The highest BCUT2D eigenvalue weighted by molar-refractivity contribution is 9.10. The number of phenols is 1. The number of hydrogen-bond donors (Lipinski definition) is 4. The van der Waals surface area contributed by atoms with E-state index in [0.717, 1.165) is 18.4 Å². The van der Waals surface area contributed by atoms with Crippen LogP contribution in [0.5, 0.6) is 11.5 Å². The molecule has 2 atom stereocenters. The van der Waals surface area contributed by atoms with E-state index < -0.39 is 6.29 Å². The van der Waals surface area contributed by atoms with Crippen LogP contribution in [0.2, 0.25) is 0 Å². The van der Waals surface area contributed by atoms with Crippen LogP contribution in [-0.2, 0) is 4.79 Å². The zero-order valence-electron chi connectivity index (χ0n) is 13.8. The molecule has 1 fully saturated rings. The third-order valence-electron chi connectivity index (χ3n) is 3.54. The van der Waals surface area contributed by atoms with Crippen molar-refractivity contribution in [1.29, 1.82) is 0 Å². The SMILES string of the molecule is CCCC1CC(=O)NC(N/N=C\c2cc(Br)c(O)c(OCC)c2)N1. The highest BCUT2D eigenvalue weighted by atomic mass is 79.9. The number of amides is 1. The molecule has 1 saturated heterocycles. The van der Waals surface area contributed by atoms with Gasteiger partial charge in [-0.05, 0) is 47.0 Å². The fourth-order valence-electron chi connectivity index (χ4n) is 2.50. The average Bonchev–Trinajstić information content (AvgIpc) is 2.52. The fraction of sp³-hybridized carbons (Fsp3) is 0.500. The molecule has 0 aromatic heterocycles. The Balaban J connectivity index is 1.99. The predicted octanol–water partition coefficient (Wildman–Crippen LogP) is 2.04. The topological polar surface area (TPSA) is 95.0 Å². The van der Waals surface area contributed by atoms with Crippen LogP contribution in [0.15, 0.2) is 21.7 Å². The molecule has 0 radical (unpaired) electrons. The zero-order chi connectivity index (χ0) is 17.5. The number of hydrazone groups is 1. The Labute approximate surface area is 150 Å². The molecule has 24 heavy (non-hydrogen) atoms. The molecular weight excluding hydrogens is 376 g/mol. The van der Waals surface area contributed by atoms with Crippen LogP contribution in [0.3, 0.4) is 0 Å². The van der Waals surface area contributed by atoms with Crippen LogP contribution in [-0.4, -0.2) is 36.2 Å². The molecule has 0 bridgehead atoms. The lowest BCUT2D eigenvalue weighted by Crippen LogP contribution is -2.61. The van der Waals surface area contributed by atoms with Crippen LogP contribution >= 0.6 is 15.9 Å². The quantitative estimate of drug-likeness (QED) is 0.416. The molecule has 0 aliphatic carbocycles. The van der Waals surface area contributed by atoms with Crippen molar-refractivity contribution in [3.8, 4) is 11.5 Å². The van der Waals surface area contributed by atoms with Gasteiger partial charge in [-0.3, -0.25) is 15.5 Å². The number of halogens is 1. The van der Waals surface area contributed by atoms with E-state index in [1.165, 1.54) is 0 Å². The molecule has 4 N–H and O–H groups in total. The number of rotatable bonds is 7. The number of aromatic hydroxyl groups is 1. The molecule has 1 amide bonds. The maximum Gasteiger partial charge on any atom is 0.224 e. The molecule has 2 rings (SSSR count). The summed E-state index contributed by atoms with van der Waals surface area (Å²) in [6.07, 6.45) is 3.65. The minimum absolute atomic E-state index is 0.00547. The van der Waals surface area contributed by atoms with Gasteiger partial charge in [-0.15, -0.1) is 0 Å². The molecule has 1 aromatic rings. The Morgan fingerprint density at radius 1 is 1.50 bits per heavy atom. The summed E-state index contributed by atoms with van der Waals surface area (Å²) in [5.41, 5.74) is 3.63. The highest BCUT2D eigenvalue weighted by Crippen LogP contribution is 2.34. The van der Waals surface area contributed by atoms with E-state index in [0.29, 0.717) is 23.2 Å². The van der Waals surface area contributed by atoms with Crippen LogP contribution in [0, 0.1) is 0 Å². The normalized spacial score (nSPS) is 20.9. The van der Waals surface area contributed by atoms with Gasteiger partial charge in [0.1, 0.15) is 0 Å². The van der Waals surface area contributed by atoms with Gasteiger partial charge < -0.3 is 15.2 Å². The third kappa shape index (κ3) is 5.10. The summed E-state index contributed by atoms with van der Waals surface area (Å²) in [7, 11) is 0. The molecule has 2 unspecified atom stereocenters. The maximum atomic E-state index is 11.7. The second-order valence-electron chi connectivity index (χ2n) is 5.53. The van der Waals surface area contributed by atoms with Crippen molar-refractivity contribution in [2.24, 2.45) is 5.10 Å². The van der Waals surface area contributed by atoms with E-state index in [9.17, 15) is 9.90 Å². The van der Waals surface area contributed by atoms with Crippen LogP contribution < -0.4 is 20.8 Å². The lowest BCUT2D eigenvalue weighted by atomic mass is 10.1. The maximum absolute atomic E-state index is 11.7. The minimum atomic E-state index is -0.397. The van der Waals surface area contributed by atoms with Gasteiger partial charge >= 0.3 is 0 Å². The van der Waals surface area contributed by atoms with Gasteiger partial charge in [0.2, 0.25) is 5.91 Å². The summed E-state index contributed by atoms with van der Waals surface area (Å²) in [6.45, 7) is 4.39. The van der Waals surface area contributed by atoms with E-state index in [1.807, 2.05) is 6.92 Å². The Bertz CT molecular complexity index is 609. The summed E-state index contributed by atoms with van der Waals surface area (Å²) in [6, 6.07) is 3.58. The Morgan fingerprint density at radius 3 is 3.00 bits per heavy atom. The number of carbonyl (C=O) groups is 1. The first-order valence-corrected chi connectivity index (χ1v) is 8.82. The molecule has 1 aromatic carbocycles. The van der Waals surface area contributed by atoms with Crippen LogP contribution in [0.4, 0.5) is 0 Å². The van der Waals surface area contributed by atoms with Crippen molar-refractivity contribution < 1.29 is 14.6 Å². The number of benzene rings is 1. The summed E-state index contributed by atoms with van der Waals surface area (Å²) in [5.74, 6) is 0.455. The molecule has 0 spiro atoms. The molecule has 0 saturated carbocycles. The Hall–Kier alpha value is -1.80. The number of ether oxygens (including phenoxy) is 1. The van der Waals surface area contributed by atoms with Gasteiger partial charge in [0.15, 0.2) is 17.8 Å². The van der Waals surface area contributed by atoms with Crippen molar-refractivity contribution in [3.63, 3.8) is 0 Å². The molecule has 7 nitrogen and oxygen atoms in total. The smallest absolute Gasteiger partial charge is 0.224 e. The summed E-state index contributed by atoms with van der Waals surface area (Å²) in [5, 5.41) is 20.1. The first-order chi connectivity index (χ1) is 11.5. The molecule has 1 heterocycles. The Kier molecular flexibility index (Phi) is 6.86. The lowest BCUT2D eigenvalue weighted by Gasteiger charge is -2.30. The van der Waals surface area contributed by atoms with E-state index >= 15 is 0 Å². The summed E-state index contributed by atoms with van der Waals surface area (Å²) >= 11 is 3.29. The lowest BCUT2D eigenvalue weighted by molar-refractivity contribution is -0.124. The van der Waals surface area contributed by atoms with Crippen molar-refractivity contribution in [2.75, 3.05) is 6.61 Å². The second-order valence-corrected chi connectivity index (χ2v) is 6.38. The number of nitrogens with zero attached hydrogens (tertiary/aromatic N) is 1. The van der Waals surface area contributed by atoms with Crippen molar-refractivity contribution in [3.05, 3.63) is 22.2 Å². The number of nitrogens with one attached hydrogen (secondary N) is 3. The first-order valence-electron chi connectivity index (χ1n) is 8.02. The van der Waals surface area contributed by atoms with Gasteiger partial charge in [0, 0.05) is 12.5 Å². The van der Waals surface area contributed by atoms with E-state index in [4.69, 9.17) is 4.74 Å². The largest absolute Gasteiger partial charge is 0.503 e. The van der Waals surface area contributed by atoms with E-state index in [-0.39, 0.29) is 17.7 Å². The van der Waals surface area contributed by atoms with E-state index in [2.05, 4.69) is 44.0 Å². The zero-order valence-corrected chi connectivity index (χ0v) is 15.4. The van der Waals surface area contributed by atoms with Gasteiger partial charge in [-0.1, -0.05) is 13.3 Å². The Morgan fingerprint density at radius 2 is 2.29 bits per heavy atom. The second kappa shape index (κ2) is 8.89. The van der Waals surface area contributed by atoms with Gasteiger partial charge in [0.05, 0.1) is 17.3 Å². The number of phenolic OH excluding ortho intramolecular Hbond substituents is 1. The summed E-state index contributed by atoms with van der Waals surface area (Å²) in [4.78, 5) is 11.7. The van der Waals surface area contributed by atoms with Crippen LogP contribution in [0.1, 0.15) is 38.7 Å². The summed E-state index contributed by atoms with van der Waals surface area (Å²) < 4.78 is 5.91. The number of carbonyl (C=O) groups excluding carboxylic acids is 1. The molecule has 132 valence electrons. The molecule has 1 aliphatic rings. The van der Waals surface area contributed by atoms with Crippen LogP contribution in [0.25, 0.3) is 0 Å². The predicted molar refractivity (Wildman–Crippen MR) is 96.1 cm³/mol. The fourth-order valence-corrected chi connectivity index (χ4v) is 2.96.